The number of hydrogen-bond acceptors (Lipinski definition) is 6. The van der Waals surface area contributed by atoms with E-state index in [9.17, 15) is 4.21 Å². The molecule has 136 valence electrons. The molecular weight excluding hydrogens is 352 g/mol. The van der Waals surface area contributed by atoms with Gasteiger partial charge < -0.3 is 15.2 Å². The summed E-state index contributed by atoms with van der Waals surface area (Å²) in [7, 11) is -1.51. The summed E-state index contributed by atoms with van der Waals surface area (Å²) in [6.07, 6.45) is 1.71. The summed E-state index contributed by atoms with van der Waals surface area (Å²) >= 11 is 0. The summed E-state index contributed by atoms with van der Waals surface area (Å²) in [5.74, 6) is 0.699. The van der Waals surface area contributed by atoms with Crippen molar-refractivity contribution in [1.82, 2.24) is 9.71 Å². The van der Waals surface area contributed by atoms with Gasteiger partial charge >= 0.3 is 0 Å². The summed E-state index contributed by atoms with van der Waals surface area (Å²) in [6.45, 7) is -0.0682. The zero-order chi connectivity index (χ0) is 18.6. The van der Waals surface area contributed by atoms with Crippen LogP contribution in [-0.2, 0) is 9.92 Å². The molecule has 0 bridgehead atoms. The lowest BCUT2D eigenvalue weighted by Crippen LogP contribution is -2.25. The van der Waals surface area contributed by atoms with Gasteiger partial charge in [-0.2, -0.15) is 0 Å². The molecule has 0 saturated carbocycles. The summed E-state index contributed by atoms with van der Waals surface area (Å²) in [6, 6.07) is 14.4. The average Bonchev–Trinajstić information content (AvgIpc) is 2.66. The molecule has 0 amide bonds. The van der Waals surface area contributed by atoms with E-state index in [-0.39, 0.29) is 13.2 Å². The van der Waals surface area contributed by atoms with Crippen LogP contribution in [0.5, 0.6) is 5.75 Å². The smallest absolute Gasteiger partial charge is 0.145 e. The van der Waals surface area contributed by atoms with Gasteiger partial charge in [0.1, 0.15) is 21.2 Å². The zero-order valence-corrected chi connectivity index (χ0v) is 15.0. The van der Waals surface area contributed by atoms with E-state index in [1.165, 1.54) is 0 Å². The van der Waals surface area contributed by atoms with E-state index in [0.29, 0.717) is 10.6 Å². The van der Waals surface area contributed by atoms with Crippen molar-refractivity contribution in [2.45, 2.75) is 4.90 Å². The van der Waals surface area contributed by atoms with Crippen LogP contribution in [0, 0.1) is 4.78 Å². The highest BCUT2D eigenvalue weighted by Crippen LogP contribution is 2.30. The molecule has 0 radical (unpaired) electrons. The number of ether oxygens (including phenoxy) is 1. The molecule has 26 heavy (non-hydrogen) atoms. The molecule has 0 spiro atoms. The van der Waals surface area contributed by atoms with Crippen molar-refractivity contribution in [3.05, 3.63) is 54.7 Å². The third kappa shape index (κ3) is 3.77. The lowest BCUT2D eigenvalue weighted by atomic mass is 10.1. The second-order valence-corrected chi connectivity index (χ2v) is 7.41. The van der Waals surface area contributed by atoms with E-state index in [1.54, 1.807) is 37.6 Å². The van der Waals surface area contributed by atoms with Gasteiger partial charge in [-0.15, -0.1) is 0 Å². The van der Waals surface area contributed by atoms with E-state index >= 15 is 0 Å². The first-order chi connectivity index (χ1) is 12.5. The van der Waals surface area contributed by atoms with Crippen LogP contribution in [0.4, 0.5) is 11.4 Å². The van der Waals surface area contributed by atoms with Crippen LogP contribution < -0.4 is 14.8 Å². The van der Waals surface area contributed by atoms with E-state index in [0.717, 1.165) is 22.3 Å². The first kappa shape index (κ1) is 18.1. The summed E-state index contributed by atoms with van der Waals surface area (Å²) < 4.78 is 28.0. The van der Waals surface area contributed by atoms with Gasteiger partial charge in [0.05, 0.1) is 18.6 Å². The Morgan fingerprint density at radius 3 is 2.65 bits per heavy atom. The van der Waals surface area contributed by atoms with Crippen LogP contribution >= 0.6 is 0 Å². The van der Waals surface area contributed by atoms with Crippen LogP contribution in [-0.4, -0.2) is 34.6 Å². The Bertz CT molecular complexity index is 1000. The number of para-hydroxylation sites is 1. The molecule has 1 unspecified atom stereocenters. The number of nitrogens with zero attached hydrogens (tertiary/aromatic N) is 1. The number of benzene rings is 2. The number of fused-ring (bicyclic) bond motifs is 1. The number of methoxy groups -OCH3 is 1. The Balaban J connectivity index is 1.87. The first-order valence-corrected chi connectivity index (χ1v) is 9.54. The van der Waals surface area contributed by atoms with Gasteiger partial charge in [0, 0.05) is 29.5 Å². The van der Waals surface area contributed by atoms with Crippen molar-refractivity contribution >= 4 is 32.2 Å². The molecule has 2 aromatic carbocycles. The standard InChI is InChI=1S/C18H20N4O3S/c1-25-17-4-2-3-15-16(9-10-20-18(15)17)22-13-5-7-14(8-6-13)26(19,24)21-11-12-23/h2-10,23H,11-12H2,1H3,(H,20,22)(H2,19,21,24). The highest BCUT2D eigenvalue weighted by molar-refractivity contribution is 7.90. The minimum atomic E-state index is -3.12. The number of pyridine rings is 1. The van der Waals surface area contributed by atoms with Gasteiger partial charge in [-0.05, 0) is 36.4 Å². The average molecular weight is 372 g/mol. The molecular formula is C18H20N4O3S. The first-order valence-electron chi connectivity index (χ1n) is 7.98. The molecule has 3 rings (SSSR count). The van der Waals surface area contributed by atoms with Crippen LogP contribution in [0.3, 0.4) is 0 Å². The molecule has 0 aliphatic heterocycles. The van der Waals surface area contributed by atoms with Crippen molar-refractivity contribution in [2.24, 2.45) is 0 Å². The second kappa shape index (κ2) is 7.69. The fraction of sp³-hybridized carbons (Fsp3) is 0.167. The lowest BCUT2D eigenvalue weighted by molar-refractivity contribution is 0.301. The Morgan fingerprint density at radius 1 is 1.19 bits per heavy atom. The molecule has 0 fully saturated rings. The van der Waals surface area contributed by atoms with Gasteiger partial charge in [-0.3, -0.25) is 4.98 Å². The maximum absolute atomic E-state index is 12.3. The van der Waals surface area contributed by atoms with E-state index in [1.807, 2.05) is 24.3 Å². The van der Waals surface area contributed by atoms with E-state index in [4.69, 9.17) is 14.6 Å². The summed E-state index contributed by atoms with van der Waals surface area (Å²) in [5, 5.41) is 13.0. The van der Waals surface area contributed by atoms with Crippen molar-refractivity contribution < 1.29 is 14.1 Å². The van der Waals surface area contributed by atoms with Crippen molar-refractivity contribution in [3.63, 3.8) is 0 Å². The predicted octanol–water partition coefficient (Wildman–Crippen LogP) is 2.89. The maximum Gasteiger partial charge on any atom is 0.145 e. The lowest BCUT2D eigenvalue weighted by Gasteiger charge is -2.12. The minimum absolute atomic E-state index is 0.104. The largest absolute Gasteiger partial charge is 0.494 e. The molecule has 1 heterocycles. The highest BCUT2D eigenvalue weighted by Gasteiger charge is 2.10. The Hall–Kier alpha value is -2.68. The van der Waals surface area contributed by atoms with Crippen molar-refractivity contribution in [3.8, 4) is 5.75 Å². The normalized spacial score (nSPS) is 13.3. The molecule has 8 heteroatoms. The Morgan fingerprint density at radius 2 is 1.96 bits per heavy atom. The molecule has 1 atom stereocenters. The van der Waals surface area contributed by atoms with Gasteiger partial charge in [-0.1, -0.05) is 12.1 Å². The summed E-state index contributed by atoms with van der Waals surface area (Å²) in [5.41, 5.74) is 2.42. The number of anilines is 2. The van der Waals surface area contributed by atoms with Crippen molar-refractivity contribution in [1.29, 1.82) is 4.78 Å². The van der Waals surface area contributed by atoms with Crippen LogP contribution in [0.25, 0.3) is 10.9 Å². The number of aliphatic hydroxyl groups is 1. The number of nitrogens with one attached hydrogen (secondary N) is 3. The number of aliphatic hydroxyl groups excluding tert-OH is 1. The Labute approximate surface area is 152 Å². The third-order valence-corrected chi connectivity index (χ3v) is 5.38. The predicted molar refractivity (Wildman–Crippen MR) is 102 cm³/mol. The van der Waals surface area contributed by atoms with Gasteiger partial charge in [0.2, 0.25) is 0 Å². The molecule has 0 saturated heterocycles. The molecule has 4 N–H and O–H groups in total. The molecule has 1 aromatic heterocycles. The van der Waals surface area contributed by atoms with Crippen LogP contribution in [0.1, 0.15) is 0 Å². The van der Waals surface area contributed by atoms with Gasteiger partial charge in [0.25, 0.3) is 0 Å². The van der Waals surface area contributed by atoms with Crippen molar-refractivity contribution in [2.75, 3.05) is 25.6 Å². The number of rotatable bonds is 7. The van der Waals surface area contributed by atoms with Gasteiger partial charge in [-0.25, -0.2) is 13.7 Å². The van der Waals surface area contributed by atoms with Gasteiger partial charge in [0.15, 0.2) is 0 Å². The van der Waals surface area contributed by atoms with E-state index < -0.39 is 9.92 Å². The monoisotopic (exact) mass is 372 g/mol. The minimum Gasteiger partial charge on any atom is -0.494 e. The Kier molecular flexibility index (Phi) is 5.36. The molecule has 7 nitrogen and oxygen atoms in total. The second-order valence-electron chi connectivity index (χ2n) is 5.54. The molecule has 3 aromatic rings. The topological polar surface area (TPSA) is 107 Å². The third-order valence-electron chi connectivity index (χ3n) is 3.84. The highest BCUT2D eigenvalue weighted by atomic mass is 32.2. The number of hydrogen-bond donors (Lipinski definition) is 4. The molecule has 0 aliphatic carbocycles. The SMILES string of the molecule is COc1cccc2c(Nc3ccc(S(=N)(=O)NCCO)cc3)ccnc12. The molecule has 0 aliphatic rings. The van der Waals surface area contributed by atoms with E-state index in [2.05, 4.69) is 15.0 Å². The fourth-order valence-electron chi connectivity index (χ4n) is 2.58. The number of aromatic nitrogens is 1. The van der Waals surface area contributed by atoms with Crippen LogP contribution in [0.15, 0.2) is 59.6 Å². The van der Waals surface area contributed by atoms with Crippen LogP contribution in [0.2, 0.25) is 0 Å². The summed E-state index contributed by atoms with van der Waals surface area (Å²) in [4.78, 5) is 4.73. The zero-order valence-electron chi connectivity index (χ0n) is 14.2. The maximum atomic E-state index is 12.3. The fourth-order valence-corrected chi connectivity index (χ4v) is 3.65. The quantitative estimate of drug-likeness (QED) is 0.510.